The number of pyridine rings is 1. The van der Waals surface area contributed by atoms with Gasteiger partial charge in [0.2, 0.25) is 10.0 Å². The van der Waals surface area contributed by atoms with Crippen LogP contribution >= 0.6 is 11.6 Å². The van der Waals surface area contributed by atoms with Crippen molar-refractivity contribution >= 4 is 33.2 Å². The fourth-order valence-corrected chi connectivity index (χ4v) is 4.12. The third-order valence-electron chi connectivity index (χ3n) is 3.57. The van der Waals surface area contributed by atoms with Crippen LogP contribution in [0.5, 0.6) is 0 Å². The molecule has 27 heavy (non-hydrogen) atoms. The number of anilines is 1. The number of halogens is 4. The lowest BCUT2D eigenvalue weighted by atomic mass is 10.3. The van der Waals surface area contributed by atoms with Gasteiger partial charge in [-0.05, 0) is 26.0 Å². The highest BCUT2D eigenvalue weighted by atomic mass is 35.5. The Hall–Kier alpha value is -2.11. The summed E-state index contributed by atoms with van der Waals surface area (Å²) in [7, 11) is -3.25. The van der Waals surface area contributed by atoms with Crippen LogP contribution in [0.3, 0.4) is 0 Å². The average molecular weight is 425 g/mol. The number of amides is 1. The molecule has 2 aromatic heterocycles. The molecule has 1 atom stereocenters. The molecule has 0 aliphatic heterocycles. The molecule has 7 nitrogen and oxygen atoms in total. The van der Waals surface area contributed by atoms with Crippen molar-refractivity contribution in [1.29, 1.82) is 0 Å². The Kier molecular flexibility index (Phi) is 5.88. The molecule has 0 fully saturated rings. The van der Waals surface area contributed by atoms with E-state index >= 15 is 0 Å². The lowest BCUT2D eigenvalue weighted by Gasteiger charge is -2.16. The number of aromatic nitrogens is 2. The molecule has 0 aromatic carbocycles. The largest absolute Gasteiger partial charge is 0.404 e. The molecule has 0 bridgehead atoms. The SMILES string of the molecule is Cc1cc(NC(=O)c2c(Cl)c(S(=O)(=O)NC(C)C(F)(F)F)cn2C)ccn1. The molecule has 0 saturated heterocycles. The van der Waals surface area contributed by atoms with Crippen LogP contribution in [0.4, 0.5) is 18.9 Å². The Labute approximate surface area is 158 Å². The van der Waals surface area contributed by atoms with Gasteiger partial charge in [-0.25, -0.2) is 8.42 Å². The van der Waals surface area contributed by atoms with E-state index in [0.717, 1.165) is 10.8 Å². The van der Waals surface area contributed by atoms with Crippen molar-refractivity contribution in [1.82, 2.24) is 14.3 Å². The number of nitrogens with one attached hydrogen (secondary N) is 2. The molecule has 148 valence electrons. The van der Waals surface area contributed by atoms with Gasteiger partial charge in [0.25, 0.3) is 5.91 Å². The summed E-state index contributed by atoms with van der Waals surface area (Å²) < 4.78 is 65.1. The Balaban J connectivity index is 2.34. The molecule has 0 spiro atoms. The maximum Gasteiger partial charge on any atom is 0.404 e. The molecule has 1 amide bonds. The van der Waals surface area contributed by atoms with Gasteiger partial charge in [-0.3, -0.25) is 9.78 Å². The maximum atomic E-state index is 12.6. The van der Waals surface area contributed by atoms with Crippen LogP contribution in [0.15, 0.2) is 29.4 Å². The van der Waals surface area contributed by atoms with Gasteiger partial charge >= 0.3 is 6.18 Å². The molecule has 1 unspecified atom stereocenters. The van der Waals surface area contributed by atoms with Crippen molar-refractivity contribution in [2.45, 2.75) is 31.0 Å². The zero-order chi connectivity index (χ0) is 20.6. The predicted octanol–water partition coefficient (Wildman–Crippen LogP) is 2.86. The maximum absolute atomic E-state index is 12.6. The zero-order valence-electron chi connectivity index (χ0n) is 14.4. The van der Waals surface area contributed by atoms with Crippen molar-refractivity contribution in [3.63, 3.8) is 0 Å². The Morgan fingerprint density at radius 2 is 2.00 bits per heavy atom. The minimum atomic E-state index is -4.77. The number of rotatable bonds is 5. The Morgan fingerprint density at radius 1 is 1.37 bits per heavy atom. The van der Waals surface area contributed by atoms with E-state index in [0.29, 0.717) is 18.3 Å². The molecule has 2 aromatic rings. The van der Waals surface area contributed by atoms with E-state index in [-0.39, 0.29) is 5.69 Å². The highest BCUT2D eigenvalue weighted by Crippen LogP contribution is 2.29. The standard InChI is InChI=1S/C15H16ClF3N4O3S/c1-8-6-10(4-5-20-8)21-14(24)13-12(16)11(7-23(13)3)27(25,26)22-9(2)15(17,18)19/h4-7,9,22H,1-3H3,(H,20,21,24). The second-order valence-electron chi connectivity index (χ2n) is 5.79. The molecular weight excluding hydrogens is 409 g/mol. The summed E-state index contributed by atoms with van der Waals surface area (Å²) in [6.07, 6.45) is -2.33. The summed E-state index contributed by atoms with van der Waals surface area (Å²) in [5.74, 6) is -0.724. The third-order valence-corrected chi connectivity index (χ3v) is 5.62. The number of aryl methyl sites for hydroxylation is 2. The van der Waals surface area contributed by atoms with Gasteiger partial charge in [-0.2, -0.15) is 17.9 Å². The van der Waals surface area contributed by atoms with Gasteiger partial charge in [0.05, 0.1) is 5.02 Å². The number of carbonyl (C=O) groups is 1. The first kappa shape index (κ1) is 21.2. The second kappa shape index (κ2) is 7.49. The molecule has 2 N–H and O–H groups in total. The van der Waals surface area contributed by atoms with E-state index in [2.05, 4.69) is 10.3 Å². The van der Waals surface area contributed by atoms with E-state index in [4.69, 9.17) is 11.6 Å². The molecule has 2 rings (SSSR count). The summed E-state index contributed by atoms with van der Waals surface area (Å²) in [5, 5.41) is 2.05. The van der Waals surface area contributed by atoms with Crippen LogP contribution in [-0.4, -0.2) is 36.1 Å². The lowest BCUT2D eigenvalue weighted by molar-refractivity contribution is -0.147. The van der Waals surface area contributed by atoms with Crippen LogP contribution in [-0.2, 0) is 17.1 Å². The molecule has 0 radical (unpaired) electrons. The summed E-state index contributed by atoms with van der Waals surface area (Å²) in [5.41, 5.74) is 0.823. The van der Waals surface area contributed by atoms with Crippen molar-refractivity contribution in [2.24, 2.45) is 7.05 Å². The summed E-state index contributed by atoms with van der Waals surface area (Å²) >= 11 is 6.01. The van der Waals surface area contributed by atoms with Crippen molar-refractivity contribution in [3.8, 4) is 0 Å². The predicted molar refractivity (Wildman–Crippen MR) is 93.2 cm³/mol. The van der Waals surface area contributed by atoms with Crippen LogP contribution in [0.1, 0.15) is 23.1 Å². The van der Waals surface area contributed by atoms with Gasteiger partial charge in [0.1, 0.15) is 16.6 Å². The molecule has 0 aliphatic rings. The van der Waals surface area contributed by atoms with Gasteiger partial charge in [-0.1, -0.05) is 11.6 Å². The summed E-state index contributed by atoms with van der Waals surface area (Å²) in [6, 6.07) is 0.779. The minimum Gasteiger partial charge on any atom is -0.344 e. The monoisotopic (exact) mass is 424 g/mol. The fourth-order valence-electron chi connectivity index (χ4n) is 2.19. The molecule has 2 heterocycles. The lowest BCUT2D eigenvalue weighted by Crippen LogP contribution is -2.42. The van der Waals surface area contributed by atoms with E-state index in [1.54, 1.807) is 13.0 Å². The first-order valence-electron chi connectivity index (χ1n) is 7.51. The first-order valence-corrected chi connectivity index (χ1v) is 9.37. The smallest absolute Gasteiger partial charge is 0.344 e. The molecule has 12 heteroatoms. The van der Waals surface area contributed by atoms with Crippen molar-refractivity contribution < 1.29 is 26.4 Å². The van der Waals surface area contributed by atoms with Gasteiger partial charge in [-0.15, -0.1) is 0 Å². The van der Waals surface area contributed by atoms with E-state index < -0.39 is 38.1 Å². The summed E-state index contributed by atoms with van der Waals surface area (Å²) in [4.78, 5) is 15.8. The molecular formula is C15H16ClF3N4O3S. The van der Waals surface area contributed by atoms with E-state index in [1.165, 1.54) is 24.0 Å². The Morgan fingerprint density at radius 3 is 2.56 bits per heavy atom. The number of carbonyl (C=O) groups excluding carboxylic acids is 1. The highest BCUT2D eigenvalue weighted by molar-refractivity contribution is 7.89. The molecule has 0 aliphatic carbocycles. The topological polar surface area (TPSA) is 93.1 Å². The van der Waals surface area contributed by atoms with Crippen LogP contribution in [0.2, 0.25) is 5.02 Å². The van der Waals surface area contributed by atoms with Crippen LogP contribution in [0.25, 0.3) is 0 Å². The number of alkyl halides is 3. The Bertz CT molecular complexity index is 973. The number of hydrogen-bond acceptors (Lipinski definition) is 4. The van der Waals surface area contributed by atoms with Gasteiger partial charge < -0.3 is 9.88 Å². The quantitative estimate of drug-likeness (QED) is 0.771. The van der Waals surface area contributed by atoms with Crippen LogP contribution in [0, 0.1) is 6.92 Å². The van der Waals surface area contributed by atoms with Crippen LogP contribution < -0.4 is 10.0 Å². The molecule has 0 saturated carbocycles. The normalized spacial score (nSPS) is 13.4. The van der Waals surface area contributed by atoms with E-state index in [1.807, 2.05) is 0 Å². The van der Waals surface area contributed by atoms with Crippen molar-refractivity contribution in [3.05, 3.63) is 40.9 Å². The third kappa shape index (κ3) is 4.79. The van der Waals surface area contributed by atoms with Crippen molar-refractivity contribution in [2.75, 3.05) is 5.32 Å². The summed E-state index contributed by atoms with van der Waals surface area (Å²) in [6.45, 7) is 2.37. The number of sulfonamides is 1. The van der Waals surface area contributed by atoms with Gasteiger partial charge in [0.15, 0.2) is 0 Å². The van der Waals surface area contributed by atoms with E-state index in [9.17, 15) is 26.4 Å². The zero-order valence-corrected chi connectivity index (χ0v) is 16.0. The number of hydrogen-bond donors (Lipinski definition) is 2. The second-order valence-corrected chi connectivity index (χ2v) is 7.85. The average Bonchev–Trinajstić information content (AvgIpc) is 2.81. The van der Waals surface area contributed by atoms with Gasteiger partial charge in [0, 0.05) is 30.8 Å². The minimum absolute atomic E-state index is 0.217. The fraction of sp³-hybridized carbons (Fsp3) is 0.333. The highest BCUT2D eigenvalue weighted by Gasteiger charge is 2.40. The number of nitrogens with zero attached hydrogens (tertiary/aromatic N) is 2. The first-order chi connectivity index (χ1) is 12.3.